The number of amidine groups is 1. The molecule has 8 heteroatoms. The molecule has 0 spiro atoms. The van der Waals surface area contributed by atoms with Crippen LogP contribution >= 0.6 is 11.6 Å². The van der Waals surface area contributed by atoms with Gasteiger partial charge in [0, 0.05) is 30.4 Å². The first-order valence-corrected chi connectivity index (χ1v) is 10.6. The highest BCUT2D eigenvalue weighted by Crippen LogP contribution is 2.21. The Bertz CT molecular complexity index is 1170. The van der Waals surface area contributed by atoms with E-state index in [1.807, 2.05) is 17.9 Å². The van der Waals surface area contributed by atoms with Gasteiger partial charge in [0.25, 0.3) is 11.8 Å². The predicted molar refractivity (Wildman–Crippen MR) is 126 cm³/mol. The summed E-state index contributed by atoms with van der Waals surface area (Å²) in [6, 6.07) is 15.4. The minimum absolute atomic E-state index is 0.325. The lowest BCUT2D eigenvalue weighted by Gasteiger charge is -2.33. The molecule has 1 fully saturated rings. The minimum Gasteiger partial charge on any atom is -0.356 e. The zero-order chi connectivity index (χ0) is 22.7. The van der Waals surface area contributed by atoms with Gasteiger partial charge in [0.15, 0.2) is 0 Å². The molecule has 0 unspecified atom stereocenters. The van der Waals surface area contributed by atoms with Crippen LogP contribution in [-0.4, -0.2) is 40.6 Å². The molecule has 7 nitrogen and oxygen atoms in total. The quantitative estimate of drug-likeness (QED) is 0.394. The summed E-state index contributed by atoms with van der Waals surface area (Å²) in [6.07, 6.45) is 2.55. The molecule has 0 radical (unpaired) electrons. The lowest BCUT2D eigenvalue weighted by Crippen LogP contribution is -2.42. The lowest BCUT2D eigenvalue weighted by atomic mass is 10.1. The van der Waals surface area contributed by atoms with Gasteiger partial charge in [-0.1, -0.05) is 35.4 Å². The second kappa shape index (κ2) is 9.20. The third-order valence-corrected chi connectivity index (χ3v) is 5.45. The van der Waals surface area contributed by atoms with Crippen molar-refractivity contribution < 1.29 is 9.59 Å². The fraction of sp³-hybridized carbons (Fsp3) is 0.167. The van der Waals surface area contributed by atoms with Crippen molar-refractivity contribution in [3.05, 3.63) is 88.1 Å². The van der Waals surface area contributed by atoms with E-state index in [4.69, 9.17) is 17.0 Å². The van der Waals surface area contributed by atoms with Gasteiger partial charge < -0.3 is 15.5 Å². The Morgan fingerprint density at radius 1 is 0.969 bits per heavy atom. The molecule has 0 atom stereocenters. The number of anilines is 2. The molecule has 0 bridgehead atoms. The van der Waals surface area contributed by atoms with E-state index in [9.17, 15) is 9.59 Å². The van der Waals surface area contributed by atoms with E-state index in [1.165, 1.54) is 6.20 Å². The van der Waals surface area contributed by atoms with Gasteiger partial charge >= 0.3 is 0 Å². The maximum absolute atomic E-state index is 12.8. The van der Waals surface area contributed by atoms with Crippen molar-refractivity contribution in [1.29, 1.82) is 5.41 Å². The number of carbonyl (C=O) groups is 2. The van der Waals surface area contributed by atoms with Crippen LogP contribution < -0.4 is 10.6 Å². The van der Waals surface area contributed by atoms with Crippen molar-refractivity contribution in [3.8, 4) is 0 Å². The number of amides is 2. The van der Waals surface area contributed by atoms with Gasteiger partial charge in [0.2, 0.25) is 0 Å². The van der Waals surface area contributed by atoms with Crippen molar-refractivity contribution >= 4 is 40.8 Å². The first-order valence-electron chi connectivity index (χ1n) is 10.2. The number of hydrogen-bond acceptors (Lipinski definition) is 4. The maximum atomic E-state index is 12.8. The summed E-state index contributed by atoms with van der Waals surface area (Å²) in [5.74, 6) is 0.0987. The molecule has 1 aliphatic heterocycles. The number of likely N-dealkylation sites (tertiary alicyclic amines) is 1. The van der Waals surface area contributed by atoms with Crippen LogP contribution in [0.5, 0.6) is 0 Å². The molecule has 1 saturated heterocycles. The number of carbonyl (C=O) groups excluding carboxylic acids is 2. The molecule has 0 saturated carbocycles. The Balaban J connectivity index is 1.49. The summed E-state index contributed by atoms with van der Waals surface area (Å²) < 4.78 is 0. The highest BCUT2D eigenvalue weighted by molar-refractivity contribution is 6.30. The van der Waals surface area contributed by atoms with Crippen molar-refractivity contribution in [2.24, 2.45) is 0 Å². The van der Waals surface area contributed by atoms with E-state index in [1.54, 1.807) is 48.5 Å². The number of halogens is 1. The second-order valence-corrected chi connectivity index (χ2v) is 8.02. The number of rotatable bonds is 5. The van der Waals surface area contributed by atoms with Gasteiger partial charge in [-0.05, 0) is 49.7 Å². The Labute approximate surface area is 190 Å². The number of aromatic nitrogens is 1. The molecule has 162 valence electrons. The summed E-state index contributed by atoms with van der Waals surface area (Å²) in [4.78, 5) is 31.7. The lowest BCUT2D eigenvalue weighted by molar-refractivity contribution is 0.102. The zero-order valence-electron chi connectivity index (χ0n) is 17.5. The summed E-state index contributed by atoms with van der Waals surface area (Å²) >= 11 is 5.84. The van der Waals surface area contributed by atoms with Crippen LogP contribution in [0.4, 0.5) is 11.5 Å². The van der Waals surface area contributed by atoms with Crippen molar-refractivity contribution in [1.82, 2.24) is 9.88 Å². The first kappa shape index (κ1) is 21.5. The van der Waals surface area contributed by atoms with Gasteiger partial charge in [-0.25, -0.2) is 4.98 Å². The summed E-state index contributed by atoms with van der Waals surface area (Å²) in [6.45, 7) is 3.66. The van der Waals surface area contributed by atoms with Crippen LogP contribution in [0.15, 0.2) is 60.8 Å². The molecule has 32 heavy (non-hydrogen) atoms. The van der Waals surface area contributed by atoms with Crippen LogP contribution in [0, 0.1) is 12.3 Å². The van der Waals surface area contributed by atoms with Gasteiger partial charge in [0.1, 0.15) is 11.7 Å². The predicted octanol–water partition coefficient (Wildman–Crippen LogP) is 4.58. The molecule has 1 aromatic heterocycles. The van der Waals surface area contributed by atoms with Crippen LogP contribution in [0.1, 0.15) is 38.3 Å². The van der Waals surface area contributed by atoms with E-state index in [2.05, 4.69) is 15.6 Å². The first-order chi connectivity index (χ1) is 15.4. The normalized spacial score (nSPS) is 12.6. The highest BCUT2D eigenvalue weighted by Gasteiger charge is 2.19. The average Bonchev–Trinajstić information content (AvgIpc) is 2.75. The SMILES string of the molecule is Cc1ccc(NC(=O)c2ccc(C(=N)N3CCC3)cc2)c(C(=O)Nc2ccc(Cl)cn2)c1. The Kier molecular flexibility index (Phi) is 6.18. The molecular formula is C24H22ClN5O2. The maximum Gasteiger partial charge on any atom is 0.258 e. The van der Waals surface area contributed by atoms with Crippen molar-refractivity contribution in [2.75, 3.05) is 23.7 Å². The fourth-order valence-electron chi connectivity index (χ4n) is 3.28. The molecule has 4 rings (SSSR count). The highest BCUT2D eigenvalue weighted by atomic mass is 35.5. The van der Waals surface area contributed by atoms with E-state index >= 15 is 0 Å². The van der Waals surface area contributed by atoms with Crippen LogP contribution in [0.3, 0.4) is 0 Å². The number of nitrogens with zero attached hydrogens (tertiary/aromatic N) is 2. The number of pyridine rings is 1. The summed E-state index contributed by atoms with van der Waals surface area (Å²) in [5, 5.41) is 14.2. The Morgan fingerprint density at radius 3 is 2.31 bits per heavy atom. The smallest absolute Gasteiger partial charge is 0.258 e. The number of benzene rings is 2. The van der Waals surface area contributed by atoms with E-state index < -0.39 is 5.91 Å². The van der Waals surface area contributed by atoms with Crippen molar-refractivity contribution in [2.45, 2.75) is 13.3 Å². The van der Waals surface area contributed by atoms with Gasteiger partial charge in [-0.15, -0.1) is 0 Å². The Morgan fingerprint density at radius 2 is 1.69 bits per heavy atom. The standard InChI is InChI=1S/C24H22ClN5O2/c1-15-3-9-20(19(13-15)24(32)29-21-10-8-18(25)14-27-21)28-23(31)17-6-4-16(5-7-17)22(26)30-11-2-12-30/h3-10,13-14,26H,2,11-12H2,1H3,(H,28,31)(H,27,29,32). The van der Waals surface area contributed by atoms with E-state index in [0.717, 1.165) is 30.6 Å². The number of hydrogen-bond donors (Lipinski definition) is 3. The molecule has 3 N–H and O–H groups in total. The summed E-state index contributed by atoms with van der Waals surface area (Å²) in [7, 11) is 0. The van der Waals surface area contributed by atoms with Crippen molar-refractivity contribution in [3.63, 3.8) is 0 Å². The number of aryl methyl sites for hydroxylation is 1. The van der Waals surface area contributed by atoms with Gasteiger partial charge in [-0.3, -0.25) is 15.0 Å². The minimum atomic E-state index is -0.392. The molecular weight excluding hydrogens is 426 g/mol. The topological polar surface area (TPSA) is 98.2 Å². The third-order valence-electron chi connectivity index (χ3n) is 5.23. The van der Waals surface area contributed by atoms with Gasteiger partial charge in [0.05, 0.1) is 16.3 Å². The Hall–Kier alpha value is -3.71. The van der Waals surface area contributed by atoms with E-state index in [0.29, 0.717) is 33.5 Å². The second-order valence-electron chi connectivity index (χ2n) is 7.59. The molecule has 2 aromatic carbocycles. The van der Waals surface area contributed by atoms with E-state index in [-0.39, 0.29) is 5.91 Å². The zero-order valence-corrected chi connectivity index (χ0v) is 18.2. The molecule has 2 heterocycles. The molecule has 0 aliphatic carbocycles. The molecule has 1 aliphatic rings. The van der Waals surface area contributed by atoms with Crippen LogP contribution in [-0.2, 0) is 0 Å². The van der Waals surface area contributed by atoms with Gasteiger partial charge in [-0.2, -0.15) is 0 Å². The summed E-state index contributed by atoms with van der Waals surface area (Å²) in [5.41, 5.74) is 2.81. The van der Waals surface area contributed by atoms with Crippen LogP contribution in [0.25, 0.3) is 0 Å². The largest absolute Gasteiger partial charge is 0.356 e. The van der Waals surface area contributed by atoms with Crippen LogP contribution in [0.2, 0.25) is 5.02 Å². The average molecular weight is 448 g/mol. The third kappa shape index (κ3) is 4.78. The number of nitrogens with one attached hydrogen (secondary N) is 3. The molecule has 3 aromatic rings. The molecule has 2 amide bonds. The monoisotopic (exact) mass is 447 g/mol. The fourth-order valence-corrected chi connectivity index (χ4v) is 3.40.